The summed E-state index contributed by atoms with van der Waals surface area (Å²) in [5, 5.41) is 6.76. The molecule has 0 spiro atoms. The van der Waals surface area contributed by atoms with Crippen LogP contribution in [0.4, 0.5) is 17.3 Å². The van der Waals surface area contributed by atoms with E-state index < -0.39 is 0 Å². The number of aromatic nitrogens is 2. The van der Waals surface area contributed by atoms with E-state index in [4.69, 9.17) is 0 Å². The number of nitrogens with zero attached hydrogens (tertiary/aromatic N) is 2. The lowest BCUT2D eigenvalue weighted by Gasteiger charge is -2.15. The number of benzene rings is 1. The van der Waals surface area contributed by atoms with Gasteiger partial charge in [-0.2, -0.15) is 0 Å². The molecule has 1 aromatic heterocycles. The number of hydrogen-bond acceptors (Lipinski definition) is 4. The van der Waals surface area contributed by atoms with E-state index in [1.54, 1.807) is 0 Å². The summed E-state index contributed by atoms with van der Waals surface area (Å²) in [4.78, 5) is 8.99. The van der Waals surface area contributed by atoms with Gasteiger partial charge in [-0.25, -0.2) is 9.97 Å². The van der Waals surface area contributed by atoms with Crippen LogP contribution in [0.3, 0.4) is 0 Å². The van der Waals surface area contributed by atoms with Gasteiger partial charge in [-0.3, -0.25) is 0 Å². The highest BCUT2D eigenvalue weighted by Gasteiger charge is 2.09. The summed E-state index contributed by atoms with van der Waals surface area (Å²) < 4.78 is 0. The molecule has 0 aliphatic carbocycles. The molecule has 106 valence electrons. The summed E-state index contributed by atoms with van der Waals surface area (Å²) in [6.07, 6.45) is 1.07. The molecule has 2 aromatic rings. The van der Waals surface area contributed by atoms with E-state index in [9.17, 15) is 0 Å². The summed E-state index contributed by atoms with van der Waals surface area (Å²) in [6, 6.07) is 8.20. The fourth-order valence-electron chi connectivity index (χ4n) is 2.01. The molecule has 0 amide bonds. The molecule has 1 aromatic carbocycles. The van der Waals surface area contributed by atoms with E-state index in [2.05, 4.69) is 46.6 Å². The molecule has 0 fully saturated rings. The first-order chi connectivity index (χ1) is 9.61. The van der Waals surface area contributed by atoms with Gasteiger partial charge < -0.3 is 10.6 Å². The highest BCUT2D eigenvalue weighted by molar-refractivity contribution is 5.66. The van der Waals surface area contributed by atoms with Crippen molar-refractivity contribution in [3.8, 4) is 0 Å². The first-order valence-electron chi connectivity index (χ1n) is 7.03. The molecule has 0 bridgehead atoms. The topological polar surface area (TPSA) is 49.8 Å². The van der Waals surface area contributed by atoms with Crippen LogP contribution < -0.4 is 10.6 Å². The molecule has 0 aliphatic rings. The monoisotopic (exact) mass is 270 g/mol. The molecule has 0 aliphatic heterocycles. The fourth-order valence-corrected chi connectivity index (χ4v) is 2.01. The minimum atomic E-state index is 0.769. The normalized spacial score (nSPS) is 10.4. The van der Waals surface area contributed by atoms with Crippen molar-refractivity contribution in [2.24, 2.45) is 0 Å². The number of para-hydroxylation sites is 1. The van der Waals surface area contributed by atoms with Gasteiger partial charge in [-0.1, -0.05) is 25.1 Å². The number of hydrogen-bond donors (Lipinski definition) is 2. The molecule has 4 heteroatoms. The lowest BCUT2D eigenvalue weighted by atomic mass is 10.2. The minimum Gasteiger partial charge on any atom is -0.370 e. The lowest BCUT2D eigenvalue weighted by Crippen LogP contribution is -2.09. The predicted octanol–water partition coefficient (Wildman–Crippen LogP) is 3.97. The largest absolute Gasteiger partial charge is 0.370 e. The van der Waals surface area contributed by atoms with Gasteiger partial charge in [0.2, 0.25) is 0 Å². The first kappa shape index (κ1) is 14.3. The molecule has 20 heavy (non-hydrogen) atoms. The van der Waals surface area contributed by atoms with Gasteiger partial charge in [0.25, 0.3) is 0 Å². The Hall–Kier alpha value is -2.10. The molecular weight excluding hydrogens is 248 g/mol. The van der Waals surface area contributed by atoms with Gasteiger partial charge in [-0.15, -0.1) is 0 Å². The third-order valence-corrected chi connectivity index (χ3v) is 3.20. The lowest BCUT2D eigenvalue weighted by molar-refractivity contribution is 0.948. The van der Waals surface area contributed by atoms with Crippen LogP contribution in [0.2, 0.25) is 0 Å². The molecule has 0 radical (unpaired) electrons. The van der Waals surface area contributed by atoms with Crippen LogP contribution in [0.1, 0.15) is 30.3 Å². The van der Waals surface area contributed by atoms with Crippen LogP contribution in [0.15, 0.2) is 24.3 Å². The van der Waals surface area contributed by atoms with Crippen LogP contribution in [0.5, 0.6) is 0 Å². The highest BCUT2D eigenvalue weighted by atomic mass is 15.1. The molecule has 1 heterocycles. The molecule has 2 N–H and O–H groups in total. The Morgan fingerprint density at radius 2 is 1.70 bits per heavy atom. The van der Waals surface area contributed by atoms with Gasteiger partial charge in [0.1, 0.15) is 17.5 Å². The maximum absolute atomic E-state index is 4.52. The van der Waals surface area contributed by atoms with E-state index in [-0.39, 0.29) is 0 Å². The maximum atomic E-state index is 4.52. The number of nitrogens with one attached hydrogen (secondary N) is 2. The van der Waals surface area contributed by atoms with Crippen molar-refractivity contribution in [2.45, 2.75) is 34.1 Å². The third-order valence-electron chi connectivity index (χ3n) is 3.20. The van der Waals surface area contributed by atoms with Crippen LogP contribution >= 0.6 is 0 Å². The van der Waals surface area contributed by atoms with Crippen molar-refractivity contribution in [1.29, 1.82) is 0 Å². The van der Waals surface area contributed by atoms with Gasteiger partial charge in [0, 0.05) is 17.8 Å². The molecule has 0 unspecified atom stereocenters. The smallest absolute Gasteiger partial charge is 0.139 e. The van der Waals surface area contributed by atoms with Gasteiger partial charge in [-0.05, 0) is 38.8 Å². The van der Waals surface area contributed by atoms with Gasteiger partial charge in [0.05, 0.1) is 0 Å². The number of anilines is 3. The maximum Gasteiger partial charge on any atom is 0.139 e. The highest BCUT2D eigenvalue weighted by Crippen LogP contribution is 2.25. The zero-order chi connectivity index (χ0) is 14.5. The summed E-state index contributed by atoms with van der Waals surface area (Å²) in [7, 11) is 0. The summed E-state index contributed by atoms with van der Waals surface area (Å²) in [5.74, 6) is 2.55. The van der Waals surface area contributed by atoms with E-state index in [0.29, 0.717) is 0 Å². The van der Waals surface area contributed by atoms with E-state index in [1.165, 1.54) is 5.56 Å². The average molecular weight is 270 g/mol. The Balaban J connectivity index is 2.32. The van der Waals surface area contributed by atoms with Crippen molar-refractivity contribution in [1.82, 2.24) is 9.97 Å². The zero-order valence-electron chi connectivity index (χ0n) is 12.6. The second-order valence-electron chi connectivity index (χ2n) is 4.96. The summed E-state index contributed by atoms with van der Waals surface area (Å²) >= 11 is 0. The Bertz CT molecular complexity index is 593. The van der Waals surface area contributed by atoms with Crippen molar-refractivity contribution in [2.75, 3.05) is 17.2 Å². The zero-order valence-corrected chi connectivity index (χ0v) is 12.6. The van der Waals surface area contributed by atoms with E-state index in [0.717, 1.165) is 41.7 Å². The van der Waals surface area contributed by atoms with Crippen molar-refractivity contribution in [3.63, 3.8) is 0 Å². The molecule has 0 saturated carbocycles. The third kappa shape index (κ3) is 3.26. The van der Waals surface area contributed by atoms with E-state index >= 15 is 0 Å². The molecule has 0 atom stereocenters. The molecule has 0 saturated heterocycles. The van der Waals surface area contributed by atoms with Crippen LogP contribution in [-0.2, 0) is 0 Å². The first-order valence-corrected chi connectivity index (χ1v) is 7.03. The molecule has 4 nitrogen and oxygen atoms in total. The van der Waals surface area contributed by atoms with Crippen molar-refractivity contribution < 1.29 is 0 Å². The average Bonchev–Trinajstić information content (AvgIpc) is 2.43. The Morgan fingerprint density at radius 1 is 1.00 bits per heavy atom. The second kappa shape index (κ2) is 6.37. The van der Waals surface area contributed by atoms with Crippen LogP contribution in [-0.4, -0.2) is 16.5 Å². The Morgan fingerprint density at radius 3 is 2.40 bits per heavy atom. The van der Waals surface area contributed by atoms with Crippen LogP contribution in [0.25, 0.3) is 0 Å². The standard InChI is InChI=1S/C16H22N4/c1-5-10-17-15-12(3)16(19-13(4)18-15)20-14-9-7-6-8-11(14)2/h6-9H,5,10H2,1-4H3,(H2,17,18,19,20). The summed E-state index contributed by atoms with van der Waals surface area (Å²) in [5.41, 5.74) is 3.33. The Labute approximate surface area is 120 Å². The molecular formula is C16H22N4. The van der Waals surface area contributed by atoms with Crippen molar-refractivity contribution >= 4 is 17.3 Å². The Kier molecular flexibility index (Phi) is 4.56. The number of aryl methyl sites for hydroxylation is 2. The van der Waals surface area contributed by atoms with E-state index in [1.807, 2.05) is 26.0 Å². The van der Waals surface area contributed by atoms with Gasteiger partial charge in [0.15, 0.2) is 0 Å². The molecule has 2 rings (SSSR count). The second-order valence-corrected chi connectivity index (χ2v) is 4.96. The minimum absolute atomic E-state index is 0.769. The number of rotatable bonds is 5. The quantitative estimate of drug-likeness (QED) is 0.863. The van der Waals surface area contributed by atoms with Crippen LogP contribution in [0, 0.1) is 20.8 Å². The predicted molar refractivity (Wildman–Crippen MR) is 84.7 cm³/mol. The van der Waals surface area contributed by atoms with Crippen molar-refractivity contribution in [3.05, 3.63) is 41.2 Å². The SMILES string of the molecule is CCCNc1nc(C)nc(Nc2ccccc2C)c1C. The summed E-state index contributed by atoms with van der Waals surface area (Å²) in [6.45, 7) is 9.10. The van der Waals surface area contributed by atoms with Gasteiger partial charge >= 0.3 is 0 Å². The fraction of sp³-hybridized carbons (Fsp3) is 0.375.